The summed E-state index contributed by atoms with van der Waals surface area (Å²) < 4.78 is 5.54. The Morgan fingerprint density at radius 1 is 1.33 bits per heavy atom. The highest BCUT2D eigenvalue weighted by Gasteiger charge is 2.17. The third-order valence-electron chi connectivity index (χ3n) is 3.74. The van der Waals surface area contributed by atoms with Gasteiger partial charge in [-0.15, -0.1) is 0 Å². The quantitative estimate of drug-likeness (QED) is 0.843. The maximum Gasteiger partial charge on any atom is 0.255 e. The smallest absolute Gasteiger partial charge is 0.255 e. The Balaban J connectivity index is 1.45. The van der Waals surface area contributed by atoms with Crippen LogP contribution in [0.3, 0.4) is 0 Å². The Hall–Kier alpha value is -1.75. The van der Waals surface area contributed by atoms with Gasteiger partial charge in [0.1, 0.15) is 0 Å². The van der Waals surface area contributed by atoms with E-state index in [1.807, 2.05) is 0 Å². The lowest BCUT2D eigenvalue weighted by atomic mass is 10.2. The van der Waals surface area contributed by atoms with Crippen molar-refractivity contribution in [1.29, 1.82) is 0 Å². The number of rotatable bonds is 5. The predicted octanol–water partition coefficient (Wildman–Crippen LogP) is 3.22. The molecule has 4 nitrogen and oxygen atoms in total. The topological polar surface area (TPSA) is 45.5 Å². The molecule has 1 aromatic carbocycles. The van der Waals surface area contributed by atoms with E-state index in [1.54, 1.807) is 6.07 Å². The van der Waals surface area contributed by atoms with Gasteiger partial charge < -0.3 is 14.6 Å². The summed E-state index contributed by atoms with van der Waals surface area (Å²) in [5.74, 6) is -0.0996. The summed E-state index contributed by atoms with van der Waals surface area (Å²) in [5, 5.41) is 2.92. The molecule has 0 fully saturated rings. The van der Waals surface area contributed by atoms with Gasteiger partial charge in [0.2, 0.25) is 0 Å². The van der Waals surface area contributed by atoms with Crippen molar-refractivity contribution in [1.82, 2.24) is 5.32 Å². The summed E-state index contributed by atoms with van der Waals surface area (Å²) in [5.41, 5.74) is 3.30. The second-order valence-corrected chi connectivity index (χ2v) is 5.80. The van der Waals surface area contributed by atoms with Crippen molar-refractivity contribution in [2.75, 3.05) is 24.5 Å². The number of amides is 1. The van der Waals surface area contributed by atoms with Crippen molar-refractivity contribution >= 4 is 27.5 Å². The van der Waals surface area contributed by atoms with Gasteiger partial charge in [0.05, 0.1) is 11.8 Å². The fourth-order valence-corrected chi connectivity index (χ4v) is 3.08. The standard InChI is InChI=1S/C16H17BrN2O2/c17-15-13(7-11-21-15)16(20)18-8-3-9-19-10-6-12-4-1-2-5-14(12)19/h1-2,4-5,7,11H,3,6,8-10H2,(H,18,20). The van der Waals surface area contributed by atoms with E-state index in [4.69, 9.17) is 4.42 Å². The van der Waals surface area contributed by atoms with Crippen molar-refractivity contribution in [2.24, 2.45) is 0 Å². The first kappa shape index (κ1) is 14.2. The fourth-order valence-electron chi connectivity index (χ4n) is 2.66. The summed E-state index contributed by atoms with van der Waals surface area (Å²) in [7, 11) is 0. The third-order valence-corrected chi connectivity index (χ3v) is 4.35. The number of hydrogen-bond donors (Lipinski definition) is 1. The number of nitrogens with zero attached hydrogens (tertiary/aromatic N) is 1. The summed E-state index contributed by atoms with van der Waals surface area (Å²) >= 11 is 3.21. The van der Waals surface area contributed by atoms with Gasteiger partial charge in [-0.25, -0.2) is 0 Å². The molecular formula is C16H17BrN2O2. The van der Waals surface area contributed by atoms with Crippen molar-refractivity contribution in [3.05, 3.63) is 52.4 Å². The van der Waals surface area contributed by atoms with E-state index in [-0.39, 0.29) is 5.91 Å². The van der Waals surface area contributed by atoms with Gasteiger partial charge in [-0.1, -0.05) is 18.2 Å². The van der Waals surface area contributed by atoms with Crippen LogP contribution < -0.4 is 10.2 Å². The molecule has 2 aromatic rings. The highest BCUT2D eigenvalue weighted by atomic mass is 79.9. The Kier molecular flexibility index (Phi) is 4.29. The van der Waals surface area contributed by atoms with E-state index in [0.29, 0.717) is 16.8 Å². The third kappa shape index (κ3) is 3.13. The number of carbonyl (C=O) groups excluding carboxylic acids is 1. The molecule has 0 radical (unpaired) electrons. The van der Waals surface area contributed by atoms with Crippen LogP contribution in [0.5, 0.6) is 0 Å². The van der Waals surface area contributed by atoms with Gasteiger partial charge in [-0.3, -0.25) is 4.79 Å². The average Bonchev–Trinajstić information content (AvgIpc) is 3.10. The Bertz CT molecular complexity index is 639. The van der Waals surface area contributed by atoms with Gasteiger partial charge in [-0.05, 0) is 46.5 Å². The van der Waals surface area contributed by atoms with Gasteiger partial charge in [0.25, 0.3) is 5.91 Å². The largest absolute Gasteiger partial charge is 0.457 e. The van der Waals surface area contributed by atoms with Crippen LogP contribution in [0.4, 0.5) is 5.69 Å². The van der Waals surface area contributed by atoms with Crippen LogP contribution in [-0.2, 0) is 6.42 Å². The minimum Gasteiger partial charge on any atom is -0.457 e. The van der Waals surface area contributed by atoms with Crippen LogP contribution in [0.1, 0.15) is 22.3 Å². The number of benzene rings is 1. The van der Waals surface area contributed by atoms with E-state index in [2.05, 4.69) is 50.4 Å². The lowest BCUT2D eigenvalue weighted by Crippen LogP contribution is -2.29. The monoisotopic (exact) mass is 348 g/mol. The number of halogens is 1. The van der Waals surface area contributed by atoms with Crippen LogP contribution in [0.2, 0.25) is 0 Å². The van der Waals surface area contributed by atoms with Crippen LogP contribution in [0.25, 0.3) is 0 Å². The minimum atomic E-state index is -0.0996. The van der Waals surface area contributed by atoms with Gasteiger partial charge in [0, 0.05) is 25.3 Å². The molecule has 1 N–H and O–H groups in total. The van der Waals surface area contributed by atoms with E-state index in [1.165, 1.54) is 17.5 Å². The van der Waals surface area contributed by atoms with Crippen molar-refractivity contribution in [3.63, 3.8) is 0 Å². The molecule has 2 heterocycles. The molecule has 0 saturated carbocycles. The van der Waals surface area contributed by atoms with E-state index in [0.717, 1.165) is 25.9 Å². The van der Waals surface area contributed by atoms with Crippen molar-refractivity contribution in [3.8, 4) is 0 Å². The van der Waals surface area contributed by atoms with Crippen LogP contribution in [0, 0.1) is 0 Å². The summed E-state index contributed by atoms with van der Waals surface area (Å²) in [6.45, 7) is 2.69. The first-order valence-corrected chi connectivity index (χ1v) is 7.89. The molecule has 1 aromatic heterocycles. The molecule has 0 atom stereocenters. The number of hydrogen-bond acceptors (Lipinski definition) is 3. The molecule has 110 valence electrons. The van der Waals surface area contributed by atoms with Crippen LogP contribution in [-0.4, -0.2) is 25.5 Å². The number of para-hydroxylation sites is 1. The maximum atomic E-state index is 11.9. The van der Waals surface area contributed by atoms with Gasteiger partial charge in [0.15, 0.2) is 4.67 Å². The second-order valence-electron chi connectivity index (χ2n) is 5.08. The van der Waals surface area contributed by atoms with Crippen LogP contribution >= 0.6 is 15.9 Å². The zero-order chi connectivity index (χ0) is 14.7. The fraction of sp³-hybridized carbons (Fsp3) is 0.312. The first-order valence-electron chi connectivity index (χ1n) is 7.10. The molecule has 21 heavy (non-hydrogen) atoms. The lowest BCUT2D eigenvalue weighted by molar-refractivity contribution is 0.0951. The summed E-state index contributed by atoms with van der Waals surface area (Å²) in [6, 6.07) is 10.2. The molecule has 5 heteroatoms. The number of carbonyl (C=O) groups is 1. The Labute approximate surface area is 132 Å². The van der Waals surface area contributed by atoms with Gasteiger partial charge >= 0.3 is 0 Å². The molecule has 0 aliphatic carbocycles. The normalized spacial score (nSPS) is 13.3. The van der Waals surface area contributed by atoms with Crippen LogP contribution in [0.15, 0.2) is 45.7 Å². The second kappa shape index (κ2) is 6.35. The molecule has 0 unspecified atom stereocenters. The molecule has 0 spiro atoms. The highest BCUT2D eigenvalue weighted by molar-refractivity contribution is 9.10. The molecule has 1 amide bonds. The predicted molar refractivity (Wildman–Crippen MR) is 85.7 cm³/mol. The number of fused-ring (bicyclic) bond motifs is 1. The van der Waals surface area contributed by atoms with Gasteiger partial charge in [-0.2, -0.15) is 0 Å². The van der Waals surface area contributed by atoms with E-state index < -0.39 is 0 Å². The molecule has 1 aliphatic heterocycles. The Morgan fingerprint density at radius 2 is 2.19 bits per heavy atom. The number of furan rings is 1. The average molecular weight is 349 g/mol. The maximum absolute atomic E-state index is 11.9. The lowest BCUT2D eigenvalue weighted by Gasteiger charge is -2.19. The summed E-state index contributed by atoms with van der Waals surface area (Å²) in [6.07, 6.45) is 3.54. The zero-order valence-corrected chi connectivity index (χ0v) is 13.2. The van der Waals surface area contributed by atoms with Crippen molar-refractivity contribution < 1.29 is 9.21 Å². The Morgan fingerprint density at radius 3 is 3.00 bits per heavy atom. The highest BCUT2D eigenvalue weighted by Crippen LogP contribution is 2.27. The first-order chi connectivity index (χ1) is 10.3. The molecule has 0 bridgehead atoms. The molecule has 1 aliphatic rings. The summed E-state index contributed by atoms with van der Waals surface area (Å²) in [4.78, 5) is 14.3. The molecule has 0 saturated heterocycles. The molecule has 3 rings (SSSR count). The zero-order valence-electron chi connectivity index (χ0n) is 11.6. The van der Waals surface area contributed by atoms with Crippen molar-refractivity contribution in [2.45, 2.75) is 12.8 Å². The molecular weight excluding hydrogens is 332 g/mol. The van der Waals surface area contributed by atoms with E-state index >= 15 is 0 Å². The van der Waals surface area contributed by atoms with E-state index in [9.17, 15) is 4.79 Å². The minimum absolute atomic E-state index is 0.0996. The number of anilines is 1. The SMILES string of the molecule is O=C(NCCCN1CCc2ccccc21)c1ccoc1Br. The number of nitrogens with one attached hydrogen (secondary N) is 1.